The van der Waals surface area contributed by atoms with Crippen LogP contribution in [0.25, 0.3) is 0 Å². The summed E-state index contributed by atoms with van der Waals surface area (Å²) < 4.78 is 10.3. The van der Waals surface area contributed by atoms with Gasteiger partial charge >= 0.3 is 0 Å². The van der Waals surface area contributed by atoms with Crippen LogP contribution in [0, 0.1) is 6.92 Å². The van der Waals surface area contributed by atoms with E-state index in [9.17, 15) is 4.79 Å². The second kappa shape index (κ2) is 5.12. The summed E-state index contributed by atoms with van der Waals surface area (Å²) in [4.78, 5) is 11.6. The van der Waals surface area contributed by atoms with Crippen LogP contribution in [0.1, 0.15) is 31.4 Å². The molecule has 0 bridgehead atoms. The summed E-state index contributed by atoms with van der Waals surface area (Å²) in [7, 11) is 0. The molecule has 1 saturated heterocycles. The molecular weight excluding hydrogens is 208 g/mol. The fourth-order valence-corrected chi connectivity index (χ4v) is 1.79. The Labute approximate surface area is 94.1 Å². The van der Waals surface area contributed by atoms with Gasteiger partial charge in [-0.25, -0.2) is 0 Å². The molecule has 0 aliphatic carbocycles. The van der Waals surface area contributed by atoms with E-state index in [2.05, 4.69) is 10.5 Å². The minimum absolute atomic E-state index is 0.0572. The molecule has 2 rings (SSSR count). The number of rotatable bonds is 3. The first-order valence-electron chi connectivity index (χ1n) is 5.59. The topological polar surface area (TPSA) is 64.4 Å². The summed E-state index contributed by atoms with van der Waals surface area (Å²) in [5.74, 6) is 1.09. The third-order valence-electron chi connectivity index (χ3n) is 2.58. The van der Waals surface area contributed by atoms with Crippen molar-refractivity contribution in [2.45, 2.75) is 38.7 Å². The number of aryl methyl sites for hydroxylation is 1. The van der Waals surface area contributed by atoms with Crippen LogP contribution in [0.4, 0.5) is 5.82 Å². The van der Waals surface area contributed by atoms with Gasteiger partial charge in [0.2, 0.25) is 5.91 Å². The number of nitrogens with one attached hydrogen (secondary N) is 1. The normalized spacial score (nSPS) is 20.7. The van der Waals surface area contributed by atoms with Crippen LogP contribution in [-0.2, 0) is 9.53 Å². The number of carbonyl (C=O) groups excluding carboxylic acids is 1. The van der Waals surface area contributed by atoms with Gasteiger partial charge in [-0.1, -0.05) is 5.16 Å². The zero-order valence-corrected chi connectivity index (χ0v) is 9.36. The van der Waals surface area contributed by atoms with Crippen molar-refractivity contribution >= 4 is 11.7 Å². The maximum Gasteiger partial charge on any atom is 0.228 e. The second-order valence-corrected chi connectivity index (χ2v) is 4.06. The average molecular weight is 224 g/mol. The first-order valence-corrected chi connectivity index (χ1v) is 5.59. The molecule has 1 aromatic heterocycles. The van der Waals surface area contributed by atoms with Crippen molar-refractivity contribution in [3.63, 3.8) is 0 Å². The predicted octanol–water partition coefficient (Wildman–Crippen LogP) is 1.88. The summed E-state index contributed by atoms with van der Waals surface area (Å²) in [6, 6.07) is 1.69. The monoisotopic (exact) mass is 224 g/mol. The van der Waals surface area contributed by atoms with Crippen LogP contribution in [0.2, 0.25) is 0 Å². The van der Waals surface area contributed by atoms with Crippen LogP contribution in [0.5, 0.6) is 0 Å². The number of hydrogen-bond acceptors (Lipinski definition) is 4. The lowest BCUT2D eigenvalue weighted by Crippen LogP contribution is -2.25. The molecule has 1 aromatic rings. The second-order valence-electron chi connectivity index (χ2n) is 4.06. The minimum atomic E-state index is -0.0693. The number of ether oxygens (including phenoxy) is 1. The smallest absolute Gasteiger partial charge is 0.228 e. The lowest BCUT2D eigenvalue weighted by atomic mass is 10.1. The van der Waals surface area contributed by atoms with Crippen molar-refractivity contribution in [2.75, 3.05) is 11.9 Å². The average Bonchev–Trinajstić information content (AvgIpc) is 2.65. The molecule has 1 aliphatic rings. The van der Waals surface area contributed by atoms with E-state index in [1.54, 1.807) is 13.0 Å². The highest BCUT2D eigenvalue weighted by molar-refractivity contribution is 5.90. The molecule has 2 heterocycles. The lowest BCUT2D eigenvalue weighted by molar-refractivity contribution is -0.119. The van der Waals surface area contributed by atoms with Gasteiger partial charge in [-0.3, -0.25) is 4.79 Å². The van der Waals surface area contributed by atoms with Crippen molar-refractivity contribution in [3.8, 4) is 0 Å². The van der Waals surface area contributed by atoms with E-state index in [1.165, 1.54) is 0 Å². The van der Waals surface area contributed by atoms with Crippen molar-refractivity contribution in [1.82, 2.24) is 5.16 Å². The Morgan fingerprint density at radius 3 is 3.12 bits per heavy atom. The molecule has 1 amide bonds. The standard InChI is InChI=1S/C11H16N2O3/c1-8-6-10(13-16-8)12-11(14)7-9-4-2-3-5-15-9/h6,9H,2-5,7H2,1H3,(H,12,13,14). The van der Waals surface area contributed by atoms with Gasteiger partial charge in [0.15, 0.2) is 5.82 Å². The first-order chi connectivity index (χ1) is 7.74. The van der Waals surface area contributed by atoms with E-state index < -0.39 is 0 Å². The summed E-state index contributed by atoms with van der Waals surface area (Å²) in [6.07, 6.45) is 3.65. The molecule has 0 aromatic carbocycles. The number of aromatic nitrogens is 1. The molecule has 0 spiro atoms. The van der Waals surface area contributed by atoms with Gasteiger partial charge in [-0.05, 0) is 26.2 Å². The van der Waals surface area contributed by atoms with Gasteiger partial charge in [0.1, 0.15) is 5.76 Å². The molecule has 16 heavy (non-hydrogen) atoms. The highest BCUT2D eigenvalue weighted by atomic mass is 16.5. The van der Waals surface area contributed by atoms with E-state index in [-0.39, 0.29) is 12.0 Å². The molecule has 0 radical (unpaired) electrons. The van der Waals surface area contributed by atoms with E-state index in [4.69, 9.17) is 9.26 Å². The molecule has 1 fully saturated rings. The Morgan fingerprint density at radius 1 is 1.62 bits per heavy atom. The number of hydrogen-bond donors (Lipinski definition) is 1. The highest BCUT2D eigenvalue weighted by Crippen LogP contribution is 2.16. The van der Waals surface area contributed by atoms with Crippen LogP contribution >= 0.6 is 0 Å². The largest absolute Gasteiger partial charge is 0.378 e. The fraction of sp³-hybridized carbons (Fsp3) is 0.636. The Kier molecular flexibility index (Phi) is 3.56. The minimum Gasteiger partial charge on any atom is -0.378 e. The van der Waals surface area contributed by atoms with E-state index in [1.807, 2.05) is 0 Å². The van der Waals surface area contributed by atoms with Gasteiger partial charge in [0, 0.05) is 12.7 Å². The van der Waals surface area contributed by atoms with E-state index >= 15 is 0 Å². The third-order valence-corrected chi connectivity index (χ3v) is 2.58. The number of amides is 1. The first kappa shape index (κ1) is 11.1. The van der Waals surface area contributed by atoms with Crippen molar-refractivity contribution in [3.05, 3.63) is 11.8 Å². The van der Waals surface area contributed by atoms with E-state index in [0.717, 1.165) is 25.9 Å². The molecule has 5 heteroatoms. The number of anilines is 1. The van der Waals surface area contributed by atoms with Crippen molar-refractivity contribution in [2.24, 2.45) is 0 Å². The van der Waals surface area contributed by atoms with E-state index in [0.29, 0.717) is 18.0 Å². The van der Waals surface area contributed by atoms with Gasteiger partial charge in [-0.15, -0.1) is 0 Å². The number of nitrogens with zero attached hydrogens (tertiary/aromatic N) is 1. The molecule has 5 nitrogen and oxygen atoms in total. The van der Waals surface area contributed by atoms with Gasteiger partial charge in [-0.2, -0.15) is 0 Å². The predicted molar refractivity (Wildman–Crippen MR) is 58.1 cm³/mol. The Morgan fingerprint density at radius 2 is 2.50 bits per heavy atom. The highest BCUT2D eigenvalue weighted by Gasteiger charge is 2.18. The lowest BCUT2D eigenvalue weighted by Gasteiger charge is -2.21. The SMILES string of the molecule is Cc1cc(NC(=O)CC2CCCCO2)no1. The van der Waals surface area contributed by atoms with Crippen LogP contribution in [0.15, 0.2) is 10.6 Å². The molecule has 1 aliphatic heterocycles. The van der Waals surface area contributed by atoms with Gasteiger partial charge in [0.05, 0.1) is 12.5 Å². The molecule has 88 valence electrons. The third kappa shape index (κ3) is 3.06. The van der Waals surface area contributed by atoms with Gasteiger partial charge in [0.25, 0.3) is 0 Å². The quantitative estimate of drug-likeness (QED) is 0.851. The fourth-order valence-electron chi connectivity index (χ4n) is 1.79. The van der Waals surface area contributed by atoms with Crippen molar-refractivity contribution in [1.29, 1.82) is 0 Å². The molecule has 0 saturated carbocycles. The summed E-state index contributed by atoms with van der Waals surface area (Å²) in [6.45, 7) is 2.55. The molecular formula is C11H16N2O3. The van der Waals surface area contributed by atoms with Crippen LogP contribution in [-0.4, -0.2) is 23.8 Å². The Hall–Kier alpha value is -1.36. The summed E-state index contributed by atoms with van der Waals surface area (Å²) in [5, 5.41) is 6.39. The van der Waals surface area contributed by atoms with Crippen molar-refractivity contribution < 1.29 is 14.1 Å². The Balaban J connectivity index is 1.79. The van der Waals surface area contributed by atoms with Crippen LogP contribution in [0.3, 0.4) is 0 Å². The number of carbonyl (C=O) groups is 1. The zero-order chi connectivity index (χ0) is 11.4. The van der Waals surface area contributed by atoms with Crippen LogP contribution < -0.4 is 5.32 Å². The summed E-state index contributed by atoms with van der Waals surface area (Å²) in [5.41, 5.74) is 0. The molecule has 1 atom stereocenters. The molecule has 1 unspecified atom stereocenters. The zero-order valence-electron chi connectivity index (χ0n) is 9.36. The summed E-state index contributed by atoms with van der Waals surface area (Å²) >= 11 is 0. The maximum atomic E-state index is 11.6. The Bertz CT molecular complexity index is 356. The van der Waals surface area contributed by atoms with Gasteiger partial charge < -0.3 is 14.6 Å². The molecule has 1 N–H and O–H groups in total. The maximum absolute atomic E-state index is 11.6.